The van der Waals surface area contributed by atoms with Crippen molar-refractivity contribution >= 4 is 5.78 Å². The number of epoxide rings is 1. The van der Waals surface area contributed by atoms with Crippen LogP contribution in [0.25, 0.3) is 0 Å². The summed E-state index contributed by atoms with van der Waals surface area (Å²) < 4.78 is 10.0. The molecule has 1 aliphatic heterocycles. The first-order valence-electron chi connectivity index (χ1n) is 9.92. The van der Waals surface area contributed by atoms with Crippen molar-refractivity contribution in [3.05, 3.63) is 35.4 Å². The molecule has 0 aromatic heterocycles. The second-order valence-corrected chi connectivity index (χ2v) is 7.61. The molecule has 0 aliphatic carbocycles. The lowest BCUT2D eigenvalue weighted by molar-refractivity contribution is -0.0798. The van der Waals surface area contributed by atoms with Crippen molar-refractivity contribution in [1.82, 2.24) is 0 Å². The van der Waals surface area contributed by atoms with Gasteiger partial charge in [0.2, 0.25) is 0 Å². The maximum atomic E-state index is 11.9. The fraction of sp³-hybridized carbons (Fsp3) is 0.667. The Morgan fingerprint density at radius 1 is 1.07 bits per heavy atom. The molecule has 1 fully saturated rings. The zero-order valence-corrected chi connectivity index (χ0v) is 17.5. The number of carbonyl (C=O) groups excluding carboxylic acids is 1. The molecular weight excluding hydrogens is 396 g/mol. The van der Waals surface area contributed by atoms with Gasteiger partial charge in [-0.25, -0.2) is 0 Å². The summed E-state index contributed by atoms with van der Waals surface area (Å²) in [5, 5.41) is 53.5. The molecule has 9 nitrogen and oxygen atoms in total. The highest BCUT2D eigenvalue weighted by Gasteiger charge is 2.36. The van der Waals surface area contributed by atoms with E-state index in [1.165, 1.54) is 13.8 Å². The SMILES string of the molecule is CC(C)(O)C(=O)c1ccc(CCCOC(CO)C(O)CO)cc1.OCC1OC1CO. The van der Waals surface area contributed by atoms with Gasteiger partial charge in [-0.05, 0) is 32.3 Å². The molecule has 1 aromatic rings. The van der Waals surface area contributed by atoms with Gasteiger partial charge in [0.1, 0.15) is 30.0 Å². The van der Waals surface area contributed by atoms with E-state index < -0.39 is 24.4 Å². The van der Waals surface area contributed by atoms with E-state index in [4.69, 9.17) is 29.9 Å². The Kier molecular flexibility index (Phi) is 11.6. The summed E-state index contributed by atoms with van der Waals surface area (Å²) in [5.74, 6) is -0.323. The number of ether oxygens (including phenoxy) is 2. The minimum absolute atomic E-state index is 0.0330. The normalized spacial score (nSPS) is 20.1. The zero-order valence-electron chi connectivity index (χ0n) is 17.5. The van der Waals surface area contributed by atoms with Gasteiger partial charge in [0.15, 0.2) is 5.78 Å². The van der Waals surface area contributed by atoms with Gasteiger partial charge in [0.25, 0.3) is 0 Å². The number of rotatable bonds is 12. The molecule has 4 unspecified atom stereocenters. The number of aryl methyl sites for hydroxylation is 1. The molecule has 6 N–H and O–H groups in total. The number of aliphatic hydroxyl groups excluding tert-OH is 5. The van der Waals surface area contributed by atoms with Crippen LogP contribution in [-0.2, 0) is 15.9 Å². The van der Waals surface area contributed by atoms with Gasteiger partial charge in [-0.2, -0.15) is 0 Å². The third kappa shape index (κ3) is 9.15. The molecule has 0 saturated carbocycles. The minimum atomic E-state index is -1.39. The van der Waals surface area contributed by atoms with E-state index in [0.29, 0.717) is 25.0 Å². The maximum Gasteiger partial charge on any atom is 0.193 e. The van der Waals surface area contributed by atoms with Gasteiger partial charge >= 0.3 is 0 Å². The summed E-state index contributed by atoms with van der Waals surface area (Å²) in [4.78, 5) is 11.9. The monoisotopic (exact) mass is 430 g/mol. The van der Waals surface area contributed by atoms with Gasteiger partial charge < -0.3 is 40.1 Å². The van der Waals surface area contributed by atoms with Crippen molar-refractivity contribution in [2.45, 2.75) is 56.7 Å². The molecule has 30 heavy (non-hydrogen) atoms. The zero-order chi connectivity index (χ0) is 22.7. The molecule has 1 saturated heterocycles. The fourth-order valence-corrected chi connectivity index (χ4v) is 2.59. The summed E-state index contributed by atoms with van der Waals surface area (Å²) in [6.07, 6.45) is -0.647. The van der Waals surface area contributed by atoms with Crippen LogP contribution in [0.5, 0.6) is 0 Å². The van der Waals surface area contributed by atoms with Crippen molar-refractivity contribution in [3.8, 4) is 0 Å². The second-order valence-electron chi connectivity index (χ2n) is 7.61. The summed E-state index contributed by atoms with van der Waals surface area (Å²) >= 11 is 0. The third-order valence-corrected chi connectivity index (χ3v) is 4.56. The maximum absolute atomic E-state index is 11.9. The Balaban J connectivity index is 0.000000539. The van der Waals surface area contributed by atoms with E-state index in [1.807, 2.05) is 12.1 Å². The average Bonchev–Trinajstić information content (AvgIpc) is 3.52. The van der Waals surface area contributed by atoms with Gasteiger partial charge in [-0.15, -0.1) is 0 Å². The molecule has 9 heteroatoms. The lowest BCUT2D eigenvalue weighted by atomic mass is 9.95. The van der Waals surface area contributed by atoms with E-state index >= 15 is 0 Å². The Morgan fingerprint density at radius 3 is 2.03 bits per heavy atom. The summed E-state index contributed by atoms with van der Waals surface area (Å²) in [6, 6.07) is 7.02. The topological polar surface area (TPSA) is 160 Å². The highest BCUT2D eigenvalue weighted by Crippen LogP contribution is 2.19. The van der Waals surface area contributed by atoms with E-state index in [2.05, 4.69) is 0 Å². The highest BCUT2D eigenvalue weighted by molar-refractivity contribution is 6.01. The van der Waals surface area contributed by atoms with Crippen LogP contribution < -0.4 is 0 Å². The Bertz CT molecular complexity index is 604. The number of Topliss-reactive ketones (excluding diaryl/α,β-unsaturated/α-hetero) is 1. The van der Waals surface area contributed by atoms with Crippen molar-refractivity contribution in [1.29, 1.82) is 0 Å². The van der Waals surface area contributed by atoms with Crippen molar-refractivity contribution in [2.75, 3.05) is 33.0 Å². The predicted octanol–water partition coefficient (Wildman–Crippen LogP) is -0.958. The number of carbonyl (C=O) groups is 1. The largest absolute Gasteiger partial charge is 0.394 e. The van der Waals surface area contributed by atoms with Crippen LogP contribution in [0.3, 0.4) is 0 Å². The van der Waals surface area contributed by atoms with E-state index in [9.17, 15) is 15.0 Å². The Morgan fingerprint density at radius 2 is 1.63 bits per heavy atom. The summed E-state index contributed by atoms with van der Waals surface area (Å²) in [5.41, 5.74) is 0.0930. The van der Waals surface area contributed by atoms with Gasteiger partial charge in [0.05, 0.1) is 26.4 Å². The Hall–Kier alpha value is -1.43. The summed E-state index contributed by atoms with van der Waals surface area (Å²) in [7, 11) is 0. The Labute approximate surface area is 176 Å². The first kappa shape index (κ1) is 26.6. The van der Waals surface area contributed by atoms with Gasteiger partial charge in [-0.1, -0.05) is 24.3 Å². The molecule has 1 aliphatic rings. The number of benzene rings is 1. The molecule has 4 atom stereocenters. The third-order valence-electron chi connectivity index (χ3n) is 4.56. The van der Waals surface area contributed by atoms with Crippen LogP contribution >= 0.6 is 0 Å². The van der Waals surface area contributed by atoms with Crippen LogP contribution in [0.1, 0.15) is 36.2 Å². The molecule has 0 radical (unpaired) electrons. The lowest BCUT2D eigenvalue weighted by Gasteiger charge is -2.19. The smallest absolute Gasteiger partial charge is 0.193 e. The summed E-state index contributed by atoms with van der Waals surface area (Å²) in [6.45, 7) is 2.51. The van der Waals surface area contributed by atoms with Crippen LogP contribution in [0.15, 0.2) is 24.3 Å². The standard InChI is InChI=1S/C17H26O6.C4H8O3/c1-17(2,22)16(21)13-7-5-12(6-8-13)4-3-9-23-15(11-19)14(20)10-18;5-1-3-4(2-6)7-3/h5-8,14-15,18-20,22H,3-4,9-11H2,1-2H3;3-6H,1-2H2. The molecule has 1 aromatic carbocycles. The number of ketones is 1. The first-order valence-corrected chi connectivity index (χ1v) is 9.92. The van der Waals surface area contributed by atoms with Crippen molar-refractivity contribution in [2.24, 2.45) is 0 Å². The fourth-order valence-electron chi connectivity index (χ4n) is 2.59. The second kappa shape index (κ2) is 13.1. The van der Waals surface area contributed by atoms with Gasteiger partial charge in [0, 0.05) is 12.2 Å². The van der Waals surface area contributed by atoms with Gasteiger partial charge in [-0.3, -0.25) is 4.79 Å². The van der Waals surface area contributed by atoms with Crippen LogP contribution in [0, 0.1) is 0 Å². The number of hydrogen-bond acceptors (Lipinski definition) is 9. The molecule has 0 spiro atoms. The molecule has 0 amide bonds. The van der Waals surface area contributed by atoms with Crippen LogP contribution in [0.2, 0.25) is 0 Å². The predicted molar refractivity (Wildman–Crippen MR) is 108 cm³/mol. The van der Waals surface area contributed by atoms with E-state index in [-0.39, 0.29) is 37.8 Å². The van der Waals surface area contributed by atoms with Crippen LogP contribution in [0.4, 0.5) is 0 Å². The highest BCUT2D eigenvalue weighted by atomic mass is 16.6. The molecule has 2 rings (SSSR count). The minimum Gasteiger partial charge on any atom is -0.394 e. The van der Waals surface area contributed by atoms with Crippen LogP contribution in [-0.4, -0.2) is 99.5 Å². The number of hydrogen-bond donors (Lipinski definition) is 6. The molecule has 172 valence electrons. The number of aliphatic hydroxyl groups is 6. The van der Waals surface area contributed by atoms with E-state index in [1.54, 1.807) is 12.1 Å². The average molecular weight is 430 g/mol. The first-order chi connectivity index (χ1) is 14.2. The lowest BCUT2D eigenvalue weighted by Crippen LogP contribution is -2.35. The van der Waals surface area contributed by atoms with Crippen molar-refractivity contribution in [3.63, 3.8) is 0 Å². The quantitative estimate of drug-likeness (QED) is 0.139. The molecule has 0 bridgehead atoms. The van der Waals surface area contributed by atoms with Crippen molar-refractivity contribution < 1.29 is 44.9 Å². The molecular formula is C21H34O9. The van der Waals surface area contributed by atoms with E-state index in [0.717, 1.165) is 5.56 Å². The molecule has 1 heterocycles.